The Morgan fingerprint density at radius 1 is 0.842 bits per heavy atom. The molecular formula is C27H20Cl3N3O5. The molecule has 3 amide bonds. The molecule has 1 aliphatic heterocycles. The van der Waals surface area contributed by atoms with E-state index in [1.807, 2.05) is 6.92 Å². The molecule has 3 aromatic rings. The number of amides is 3. The number of carbonyl (C=O) groups excluding carboxylic acids is 4. The van der Waals surface area contributed by atoms with E-state index in [2.05, 4.69) is 10.6 Å². The van der Waals surface area contributed by atoms with Crippen molar-refractivity contribution in [1.82, 2.24) is 0 Å². The highest BCUT2D eigenvalue weighted by atomic mass is 35.5. The molecule has 0 fully saturated rings. The second-order valence-corrected chi connectivity index (χ2v) is 9.24. The molecule has 0 spiro atoms. The van der Waals surface area contributed by atoms with Crippen molar-refractivity contribution in [1.29, 1.82) is 0 Å². The third-order valence-electron chi connectivity index (χ3n) is 5.43. The van der Waals surface area contributed by atoms with Crippen molar-refractivity contribution in [2.75, 3.05) is 22.1 Å². The zero-order chi connectivity index (χ0) is 27.4. The van der Waals surface area contributed by atoms with Gasteiger partial charge in [-0.05, 0) is 67.1 Å². The zero-order valence-corrected chi connectivity index (χ0v) is 22.2. The Labute approximate surface area is 233 Å². The van der Waals surface area contributed by atoms with Crippen LogP contribution in [0.1, 0.15) is 34.1 Å². The number of imide groups is 1. The molecule has 0 aromatic heterocycles. The Hall–Kier alpha value is -3.85. The third kappa shape index (κ3) is 5.67. The van der Waals surface area contributed by atoms with Gasteiger partial charge in [0.1, 0.15) is 10.7 Å². The largest absolute Gasteiger partial charge is 0.462 e. The van der Waals surface area contributed by atoms with Crippen molar-refractivity contribution in [3.63, 3.8) is 0 Å². The maximum atomic E-state index is 13.0. The van der Waals surface area contributed by atoms with Crippen LogP contribution in [0.15, 0.2) is 77.5 Å². The Morgan fingerprint density at radius 2 is 1.47 bits per heavy atom. The fourth-order valence-corrected chi connectivity index (χ4v) is 4.11. The first-order valence-corrected chi connectivity index (χ1v) is 12.5. The predicted octanol–water partition coefficient (Wildman–Crippen LogP) is 6.25. The van der Waals surface area contributed by atoms with Gasteiger partial charge in [0.2, 0.25) is 0 Å². The maximum absolute atomic E-state index is 13.0. The molecule has 0 aliphatic carbocycles. The normalized spacial score (nSPS) is 13.1. The van der Waals surface area contributed by atoms with Crippen LogP contribution in [0.5, 0.6) is 0 Å². The summed E-state index contributed by atoms with van der Waals surface area (Å²) in [5.41, 5.74) is 1.62. The van der Waals surface area contributed by atoms with E-state index in [0.29, 0.717) is 29.1 Å². The van der Waals surface area contributed by atoms with Crippen LogP contribution < -0.4 is 15.5 Å². The molecule has 0 bridgehead atoms. The molecule has 0 radical (unpaired) electrons. The van der Waals surface area contributed by atoms with Gasteiger partial charge in [0.15, 0.2) is 0 Å². The van der Waals surface area contributed by atoms with Gasteiger partial charge in [-0.2, -0.15) is 0 Å². The smallest absolute Gasteiger partial charge is 0.338 e. The van der Waals surface area contributed by atoms with Crippen molar-refractivity contribution < 1.29 is 23.9 Å². The lowest BCUT2D eigenvalue weighted by Crippen LogP contribution is -2.32. The van der Waals surface area contributed by atoms with E-state index in [-0.39, 0.29) is 32.4 Å². The number of benzene rings is 3. The van der Waals surface area contributed by atoms with Gasteiger partial charge in [0.25, 0.3) is 17.7 Å². The predicted molar refractivity (Wildman–Crippen MR) is 147 cm³/mol. The summed E-state index contributed by atoms with van der Waals surface area (Å²) in [7, 11) is 0. The molecular weight excluding hydrogens is 553 g/mol. The molecule has 0 unspecified atom stereocenters. The van der Waals surface area contributed by atoms with Gasteiger partial charge in [-0.25, -0.2) is 9.69 Å². The van der Waals surface area contributed by atoms with Crippen LogP contribution in [0.2, 0.25) is 10.0 Å². The maximum Gasteiger partial charge on any atom is 0.338 e. The minimum atomic E-state index is -0.746. The van der Waals surface area contributed by atoms with E-state index >= 15 is 0 Å². The Kier molecular flexibility index (Phi) is 8.36. The van der Waals surface area contributed by atoms with Gasteiger partial charge >= 0.3 is 5.97 Å². The summed E-state index contributed by atoms with van der Waals surface area (Å²) in [6, 6.07) is 17.1. The molecule has 1 heterocycles. The molecule has 0 atom stereocenters. The molecule has 8 nitrogen and oxygen atoms in total. The van der Waals surface area contributed by atoms with Crippen molar-refractivity contribution in [2.24, 2.45) is 0 Å². The minimum absolute atomic E-state index is 0.0445. The van der Waals surface area contributed by atoms with Crippen LogP contribution in [-0.4, -0.2) is 30.3 Å². The number of ether oxygens (including phenoxy) is 1. The minimum Gasteiger partial charge on any atom is -0.462 e. The highest BCUT2D eigenvalue weighted by molar-refractivity contribution is 6.54. The lowest BCUT2D eigenvalue weighted by molar-refractivity contribution is -0.120. The summed E-state index contributed by atoms with van der Waals surface area (Å²) in [5, 5.41) is 5.50. The summed E-state index contributed by atoms with van der Waals surface area (Å²) in [6.45, 7) is 2.24. The summed E-state index contributed by atoms with van der Waals surface area (Å²) >= 11 is 18.4. The number of esters is 1. The molecule has 0 saturated heterocycles. The number of hydrogen-bond acceptors (Lipinski definition) is 6. The highest BCUT2D eigenvalue weighted by Gasteiger charge is 2.40. The molecule has 3 aromatic carbocycles. The molecule has 1 aliphatic rings. The number of nitrogens with zero attached hydrogens (tertiary/aromatic N) is 1. The van der Waals surface area contributed by atoms with Crippen molar-refractivity contribution in [3.05, 3.63) is 98.6 Å². The van der Waals surface area contributed by atoms with Crippen LogP contribution >= 0.6 is 34.8 Å². The average Bonchev–Trinajstić information content (AvgIpc) is 3.12. The first-order chi connectivity index (χ1) is 18.2. The van der Waals surface area contributed by atoms with E-state index in [9.17, 15) is 19.2 Å². The summed E-state index contributed by atoms with van der Waals surface area (Å²) in [6.07, 6.45) is 0.726. The Morgan fingerprint density at radius 3 is 2.13 bits per heavy atom. The number of carbonyl (C=O) groups is 4. The molecule has 194 valence electrons. The van der Waals surface area contributed by atoms with Gasteiger partial charge in [-0.15, -0.1) is 0 Å². The van der Waals surface area contributed by atoms with Gasteiger partial charge in [-0.3, -0.25) is 14.4 Å². The average molecular weight is 573 g/mol. The van der Waals surface area contributed by atoms with Crippen molar-refractivity contribution in [3.8, 4) is 0 Å². The van der Waals surface area contributed by atoms with Gasteiger partial charge in [0, 0.05) is 16.9 Å². The van der Waals surface area contributed by atoms with Crippen LogP contribution in [0, 0.1) is 0 Å². The monoisotopic (exact) mass is 571 g/mol. The number of halogens is 3. The van der Waals surface area contributed by atoms with E-state index < -0.39 is 17.8 Å². The van der Waals surface area contributed by atoms with Gasteiger partial charge < -0.3 is 15.4 Å². The van der Waals surface area contributed by atoms with Crippen LogP contribution in [0.25, 0.3) is 0 Å². The number of rotatable bonds is 8. The number of anilines is 3. The standard InChI is InChI=1S/C27H20Cl3N3O5/c1-2-14-38-27(37)16-8-12-18(13-9-16)32-24(34)15-6-10-17(11-7-15)31-23-22(30)25(35)33(26(23)36)20-5-3-4-19(28)21(20)29/h3-13,31H,2,14H2,1H3,(H,32,34). The SMILES string of the molecule is CCCOC(=O)c1ccc(NC(=O)c2ccc(NC3=C(Cl)C(=O)N(c4cccc(Cl)c4Cl)C3=O)cc2)cc1. The lowest BCUT2D eigenvalue weighted by Gasteiger charge is -2.17. The van der Waals surface area contributed by atoms with E-state index in [1.165, 1.54) is 24.3 Å². The molecule has 11 heteroatoms. The second-order valence-electron chi connectivity index (χ2n) is 8.08. The fourth-order valence-electron chi connectivity index (χ4n) is 3.52. The molecule has 38 heavy (non-hydrogen) atoms. The van der Waals surface area contributed by atoms with E-state index in [0.717, 1.165) is 11.3 Å². The fraction of sp³-hybridized carbons (Fsp3) is 0.111. The molecule has 0 saturated carbocycles. The van der Waals surface area contributed by atoms with E-state index in [1.54, 1.807) is 42.5 Å². The van der Waals surface area contributed by atoms with Crippen LogP contribution in [0.4, 0.5) is 17.1 Å². The first kappa shape index (κ1) is 27.2. The zero-order valence-electron chi connectivity index (χ0n) is 19.9. The highest BCUT2D eigenvalue weighted by Crippen LogP contribution is 2.37. The van der Waals surface area contributed by atoms with Crippen LogP contribution in [-0.2, 0) is 14.3 Å². The van der Waals surface area contributed by atoms with Gasteiger partial charge in [0.05, 0.1) is 27.9 Å². The Bertz CT molecular complexity index is 1450. The third-order valence-corrected chi connectivity index (χ3v) is 6.59. The van der Waals surface area contributed by atoms with Crippen molar-refractivity contribution in [2.45, 2.75) is 13.3 Å². The number of nitrogens with one attached hydrogen (secondary N) is 2. The molecule has 2 N–H and O–H groups in total. The van der Waals surface area contributed by atoms with Gasteiger partial charge in [-0.1, -0.05) is 47.8 Å². The Balaban J connectivity index is 1.42. The van der Waals surface area contributed by atoms with Crippen LogP contribution in [0.3, 0.4) is 0 Å². The topological polar surface area (TPSA) is 105 Å². The van der Waals surface area contributed by atoms with E-state index in [4.69, 9.17) is 39.5 Å². The summed E-state index contributed by atoms with van der Waals surface area (Å²) < 4.78 is 5.09. The summed E-state index contributed by atoms with van der Waals surface area (Å²) in [5.74, 6) is -2.26. The first-order valence-electron chi connectivity index (χ1n) is 11.4. The summed E-state index contributed by atoms with van der Waals surface area (Å²) in [4.78, 5) is 51.1. The molecule has 4 rings (SSSR count). The number of hydrogen-bond donors (Lipinski definition) is 2. The second kappa shape index (κ2) is 11.7. The van der Waals surface area contributed by atoms with Crippen molar-refractivity contribution >= 4 is 75.6 Å². The lowest BCUT2D eigenvalue weighted by atomic mass is 10.1. The quantitative estimate of drug-likeness (QED) is 0.244.